The van der Waals surface area contributed by atoms with Gasteiger partial charge in [-0.15, -0.1) is 0 Å². The molecule has 2 heterocycles. The highest BCUT2D eigenvalue weighted by molar-refractivity contribution is 5.93. The summed E-state index contributed by atoms with van der Waals surface area (Å²) in [6.45, 7) is 5.15. The summed E-state index contributed by atoms with van der Waals surface area (Å²) >= 11 is 0. The van der Waals surface area contributed by atoms with Crippen LogP contribution in [0, 0.1) is 12.8 Å². The summed E-state index contributed by atoms with van der Waals surface area (Å²) in [6, 6.07) is 9.64. The standard InChI is InChI=1S/C20H26N4O3/c1-14-12-24(17-9-5-4-6-10-17)22-18(14)19(25)21-15(2)16-8-7-11-23(13-16)20(26)27-3/h4-6,9-10,12,15-16H,7-8,11,13H2,1-3H3,(H,21,25). The van der Waals surface area contributed by atoms with Crippen molar-refractivity contribution in [3.8, 4) is 5.69 Å². The zero-order valence-corrected chi connectivity index (χ0v) is 16.0. The van der Waals surface area contributed by atoms with Gasteiger partial charge in [0.1, 0.15) is 0 Å². The van der Waals surface area contributed by atoms with Crippen LogP contribution in [-0.2, 0) is 4.74 Å². The monoisotopic (exact) mass is 370 g/mol. The third-order valence-electron chi connectivity index (χ3n) is 5.09. The minimum atomic E-state index is -0.310. The maximum atomic E-state index is 12.7. The predicted octanol–water partition coefficient (Wildman–Crippen LogP) is 2.78. The highest BCUT2D eigenvalue weighted by atomic mass is 16.5. The van der Waals surface area contributed by atoms with Crippen molar-refractivity contribution in [3.05, 3.63) is 47.8 Å². The number of nitrogens with zero attached hydrogens (tertiary/aromatic N) is 3. The van der Waals surface area contributed by atoms with E-state index < -0.39 is 0 Å². The van der Waals surface area contributed by atoms with Crippen LogP contribution in [0.5, 0.6) is 0 Å². The molecule has 7 heteroatoms. The second-order valence-corrected chi connectivity index (χ2v) is 7.02. The Morgan fingerprint density at radius 2 is 2.04 bits per heavy atom. The number of piperidine rings is 1. The number of amides is 2. The van der Waals surface area contributed by atoms with Crippen molar-refractivity contribution in [1.29, 1.82) is 0 Å². The number of carbonyl (C=O) groups excluding carboxylic acids is 2. The summed E-state index contributed by atoms with van der Waals surface area (Å²) in [7, 11) is 1.39. The molecule has 0 aliphatic carbocycles. The Kier molecular flexibility index (Phi) is 5.78. The van der Waals surface area contributed by atoms with Crippen LogP contribution in [0.3, 0.4) is 0 Å². The Morgan fingerprint density at radius 1 is 1.30 bits per heavy atom. The topological polar surface area (TPSA) is 76.5 Å². The third kappa shape index (κ3) is 4.30. The molecule has 27 heavy (non-hydrogen) atoms. The van der Waals surface area contributed by atoms with Crippen molar-refractivity contribution >= 4 is 12.0 Å². The normalized spacial score (nSPS) is 18.0. The Hall–Kier alpha value is -2.83. The average molecular weight is 370 g/mol. The SMILES string of the molecule is COC(=O)N1CCCC(C(C)NC(=O)c2nn(-c3ccccc3)cc2C)C1. The maximum Gasteiger partial charge on any atom is 0.409 e. The van der Waals surface area contributed by atoms with Crippen molar-refractivity contribution in [1.82, 2.24) is 20.0 Å². The molecule has 1 N–H and O–H groups in total. The van der Waals surface area contributed by atoms with Gasteiger partial charge in [0.25, 0.3) is 5.91 Å². The Balaban J connectivity index is 1.66. The van der Waals surface area contributed by atoms with E-state index in [2.05, 4.69) is 10.4 Å². The van der Waals surface area contributed by atoms with E-state index in [1.807, 2.05) is 50.4 Å². The molecule has 144 valence electrons. The van der Waals surface area contributed by atoms with Crippen LogP contribution in [0.4, 0.5) is 4.79 Å². The number of aryl methyl sites for hydroxylation is 1. The van der Waals surface area contributed by atoms with Crippen molar-refractivity contribution < 1.29 is 14.3 Å². The molecule has 0 saturated carbocycles. The predicted molar refractivity (Wildman–Crippen MR) is 102 cm³/mol. The number of hydrogen-bond acceptors (Lipinski definition) is 4. The summed E-state index contributed by atoms with van der Waals surface area (Å²) in [5, 5.41) is 7.51. The van der Waals surface area contributed by atoms with Gasteiger partial charge < -0.3 is 15.0 Å². The fraction of sp³-hybridized carbons (Fsp3) is 0.450. The lowest BCUT2D eigenvalue weighted by atomic mass is 9.91. The van der Waals surface area contributed by atoms with Gasteiger partial charge in [0.2, 0.25) is 0 Å². The number of para-hydroxylation sites is 1. The van der Waals surface area contributed by atoms with Crippen molar-refractivity contribution in [3.63, 3.8) is 0 Å². The molecule has 2 aromatic rings. The zero-order chi connectivity index (χ0) is 19.4. The minimum Gasteiger partial charge on any atom is -0.453 e. The second-order valence-electron chi connectivity index (χ2n) is 7.02. The van der Waals surface area contributed by atoms with Crippen molar-refractivity contribution in [2.75, 3.05) is 20.2 Å². The molecule has 1 fully saturated rings. The number of hydrogen-bond donors (Lipinski definition) is 1. The summed E-state index contributed by atoms with van der Waals surface area (Å²) in [5.74, 6) is 0.00295. The van der Waals surface area contributed by atoms with E-state index in [9.17, 15) is 9.59 Å². The number of benzene rings is 1. The van der Waals surface area contributed by atoms with E-state index in [1.54, 1.807) is 9.58 Å². The van der Waals surface area contributed by atoms with E-state index in [0.717, 1.165) is 24.1 Å². The van der Waals surface area contributed by atoms with E-state index in [0.29, 0.717) is 18.8 Å². The van der Waals surface area contributed by atoms with Crippen LogP contribution >= 0.6 is 0 Å². The molecule has 2 unspecified atom stereocenters. The highest BCUT2D eigenvalue weighted by Crippen LogP contribution is 2.21. The highest BCUT2D eigenvalue weighted by Gasteiger charge is 2.29. The number of nitrogens with one attached hydrogen (secondary N) is 1. The Morgan fingerprint density at radius 3 is 2.74 bits per heavy atom. The fourth-order valence-corrected chi connectivity index (χ4v) is 3.50. The lowest BCUT2D eigenvalue weighted by molar-refractivity contribution is 0.0847. The molecule has 0 spiro atoms. The average Bonchev–Trinajstić information content (AvgIpc) is 3.10. The minimum absolute atomic E-state index is 0.0637. The summed E-state index contributed by atoms with van der Waals surface area (Å²) < 4.78 is 6.53. The first kappa shape index (κ1) is 18.9. The number of ether oxygens (including phenoxy) is 1. The van der Waals surface area contributed by atoms with E-state index in [1.165, 1.54) is 7.11 Å². The van der Waals surface area contributed by atoms with E-state index in [4.69, 9.17) is 4.74 Å². The largest absolute Gasteiger partial charge is 0.453 e. The molecule has 2 amide bonds. The molecule has 1 aliphatic rings. The summed E-state index contributed by atoms with van der Waals surface area (Å²) in [5.41, 5.74) is 2.16. The van der Waals surface area contributed by atoms with E-state index in [-0.39, 0.29) is 24.0 Å². The van der Waals surface area contributed by atoms with Crippen LogP contribution in [0.2, 0.25) is 0 Å². The molecule has 1 aromatic carbocycles. The smallest absolute Gasteiger partial charge is 0.409 e. The molecule has 0 bridgehead atoms. The van der Waals surface area contributed by atoms with E-state index >= 15 is 0 Å². The number of rotatable bonds is 4. The van der Waals surface area contributed by atoms with Gasteiger partial charge in [-0.2, -0.15) is 5.10 Å². The molecular weight excluding hydrogens is 344 g/mol. The zero-order valence-electron chi connectivity index (χ0n) is 16.0. The van der Waals surface area contributed by atoms with Gasteiger partial charge in [-0.3, -0.25) is 4.79 Å². The van der Waals surface area contributed by atoms with Crippen molar-refractivity contribution in [2.24, 2.45) is 5.92 Å². The first-order chi connectivity index (χ1) is 13.0. The number of methoxy groups -OCH3 is 1. The maximum absolute atomic E-state index is 12.7. The molecule has 1 aliphatic heterocycles. The van der Waals surface area contributed by atoms with Crippen molar-refractivity contribution in [2.45, 2.75) is 32.7 Å². The lowest BCUT2D eigenvalue weighted by Crippen LogP contribution is -2.48. The van der Waals surface area contributed by atoms with Gasteiger partial charge in [-0.1, -0.05) is 18.2 Å². The van der Waals surface area contributed by atoms with Gasteiger partial charge in [-0.25, -0.2) is 9.48 Å². The van der Waals surface area contributed by atoms with Gasteiger partial charge in [0.05, 0.1) is 12.8 Å². The molecule has 1 saturated heterocycles. The lowest BCUT2D eigenvalue weighted by Gasteiger charge is -2.35. The summed E-state index contributed by atoms with van der Waals surface area (Å²) in [6.07, 6.45) is 3.42. The first-order valence-electron chi connectivity index (χ1n) is 9.25. The van der Waals surface area contributed by atoms with Crippen LogP contribution in [0.1, 0.15) is 35.8 Å². The molecule has 7 nitrogen and oxygen atoms in total. The number of aromatic nitrogens is 2. The number of carbonyl (C=O) groups is 2. The molecule has 3 rings (SSSR count). The molecular formula is C20H26N4O3. The Bertz CT molecular complexity index is 803. The molecule has 1 aromatic heterocycles. The summed E-state index contributed by atoms with van der Waals surface area (Å²) in [4.78, 5) is 26.2. The molecule has 0 radical (unpaired) electrons. The second kappa shape index (κ2) is 8.24. The first-order valence-corrected chi connectivity index (χ1v) is 9.25. The van der Waals surface area contributed by atoms with Crippen LogP contribution < -0.4 is 5.32 Å². The van der Waals surface area contributed by atoms with Crippen LogP contribution in [0.25, 0.3) is 5.69 Å². The third-order valence-corrected chi connectivity index (χ3v) is 5.09. The van der Waals surface area contributed by atoms with Gasteiger partial charge in [-0.05, 0) is 44.7 Å². The van der Waals surface area contributed by atoms with Gasteiger partial charge in [0.15, 0.2) is 5.69 Å². The van der Waals surface area contributed by atoms with Crippen LogP contribution in [-0.4, -0.2) is 52.9 Å². The van der Waals surface area contributed by atoms with Crippen LogP contribution in [0.15, 0.2) is 36.5 Å². The Labute approximate surface area is 159 Å². The van der Waals surface area contributed by atoms with Gasteiger partial charge >= 0.3 is 6.09 Å². The molecule has 2 atom stereocenters. The fourth-order valence-electron chi connectivity index (χ4n) is 3.50. The quantitative estimate of drug-likeness (QED) is 0.898. The van der Waals surface area contributed by atoms with Gasteiger partial charge in [0, 0.05) is 30.9 Å². The number of likely N-dealkylation sites (tertiary alicyclic amines) is 1.